The zero-order chi connectivity index (χ0) is 13.2. The van der Waals surface area contributed by atoms with E-state index in [9.17, 15) is 5.11 Å². The van der Waals surface area contributed by atoms with Crippen LogP contribution in [0.4, 0.5) is 11.8 Å². The largest absolute Gasteiger partial charge is 0.385 e. The maximum absolute atomic E-state index is 10.4. The van der Waals surface area contributed by atoms with E-state index >= 15 is 0 Å². The van der Waals surface area contributed by atoms with Gasteiger partial charge < -0.3 is 20.5 Å². The van der Waals surface area contributed by atoms with Gasteiger partial charge in [-0.25, -0.2) is 4.98 Å². The van der Waals surface area contributed by atoms with Gasteiger partial charge in [-0.15, -0.1) is 0 Å². The molecule has 6 nitrogen and oxygen atoms in total. The number of aryl methyl sites for hydroxylation is 1. The van der Waals surface area contributed by atoms with Crippen LogP contribution in [0.5, 0.6) is 0 Å². The second-order valence-corrected chi connectivity index (χ2v) is 4.70. The molecule has 2 heterocycles. The van der Waals surface area contributed by atoms with Crippen LogP contribution in [0.3, 0.4) is 0 Å². The number of nitrogens with one attached hydrogen (secondary N) is 2. The van der Waals surface area contributed by atoms with E-state index in [2.05, 4.69) is 20.6 Å². The Morgan fingerprint density at radius 1 is 1.61 bits per heavy atom. The van der Waals surface area contributed by atoms with Crippen LogP contribution in [-0.2, 0) is 4.74 Å². The van der Waals surface area contributed by atoms with Gasteiger partial charge in [-0.2, -0.15) is 4.98 Å². The van der Waals surface area contributed by atoms with Gasteiger partial charge in [0.15, 0.2) is 0 Å². The highest BCUT2D eigenvalue weighted by Gasteiger charge is 2.39. The minimum atomic E-state index is -0.822. The van der Waals surface area contributed by atoms with Crippen LogP contribution in [0.15, 0.2) is 6.20 Å². The van der Waals surface area contributed by atoms with E-state index in [1.54, 1.807) is 13.2 Å². The van der Waals surface area contributed by atoms with Crippen molar-refractivity contribution in [1.82, 2.24) is 9.97 Å². The molecule has 1 aliphatic heterocycles. The number of hydrogen-bond donors (Lipinski definition) is 3. The zero-order valence-corrected chi connectivity index (χ0v) is 11.0. The van der Waals surface area contributed by atoms with Crippen LogP contribution >= 0.6 is 0 Å². The molecule has 0 aliphatic carbocycles. The van der Waals surface area contributed by atoms with Gasteiger partial charge in [-0.05, 0) is 13.8 Å². The first-order valence-electron chi connectivity index (χ1n) is 6.14. The van der Waals surface area contributed by atoms with E-state index in [4.69, 9.17) is 4.74 Å². The summed E-state index contributed by atoms with van der Waals surface area (Å²) in [6.45, 7) is 4.85. The van der Waals surface area contributed by atoms with Crippen molar-refractivity contribution < 1.29 is 9.84 Å². The minimum Gasteiger partial charge on any atom is -0.385 e. The third-order valence-electron chi connectivity index (χ3n) is 3.42. The van der Waals surface area contributed by atoms with E-state index in [-0.39, 0.29) is 6.10 Å². The molecule has 1 fully saturated rings. The molecule has 0 bridgehead atoms. The first-order valence-corrected chi connectivity index (χ1v) is 6.14. The Bertz CT molecular complexity index is 427. The fourth-order valence-electron chi connectivity index (χ4n) is 1.98. The molecule has 6 heteroatoms. The molecule has 2 atom stereocenters. The molecule has 100 valence electrons. The third-order valence-corrected chi connectivity index (χ3v) is 3.42. The Kier molecular flexibility index (Phi) is 3.68. The highest BCUT2D eigenvalue weighted by Crippen LogP contribution is 2.26. The number of nitrogens with zero attached hydrogens (tertiary/aromatic N) is 2. The van der Waals surface area contributed by atoms with Crippen LogP contribution in [0.1, 0.15) is 18.9 Å². The normalized spacial score (nSPS) is 27.2. The minimum absolute atomic E-state index is 0.157. The summed E-state index contributed by atoms with van der Waals surface area (Å²) >= 11 is 0. The van der Waals surface area contributed by atoms with Crippen molar-refractivity contribution >= 4 is 11.8 Å². The zero-order valence-electron chi connectivity index (χ0n) is 11.0. The van der Waals surface area contributed by atoms with Crippen LogP contribution in [-0.4, -0.2) is 47.0 Å². The summed E-state index contributed by atoms with van der Waals surface area (Å²) in [5.41, 5.74) is 0.126. The van der Waals surface area contributed by atoms with Crippen molar-refractivity contribution in [1.29, 1.82) is 0 Å². The smallest absolute Gasteiger partial charge is 0.224 e. The Hall–Kier alpha value is -1.40. The predicted molar refractivity (Wildman–Crippen MR) is 69.8 cm³/mol. The molecule has 2 unspecified atom stereocenters. The molecular formula is C12H20N4O2. The van der Waals surface area contributed by atoms with Gasteiger partial charge in [0, 0.05) is 38.4 Å². The molecule has 1 aromatic heterocycles. The molecule has 2 rings (SSSR count). The lowest BCUT2D eigenvalue weighted by Crippen LogP contribution is -2.43. The molecule has 1 aliphatic rings. The molecule has 0 radical (unpaired) electrons. The third kappa shape index (κ3) is 2.54. The van der Waals surface area contributed by atoms with Crippen molar-refractivity contribution in [2.24, 2.45) is 0 Å². The first kappa shape index (κ1) is 13.0. The molecule has 3 N–H and O–H groups in total. The number of aliphatic hydroxyl groups is 1. The van der Waals surface area contributed by atoms with Crippen LogP contribution in [0, 0.1) is 6.92 Å². The average molecular weight is 252 g/mol. The second-order valence-electron chi connectivity index (χ2n) is 4.70. The maximum Gasteiger partial charge on any atom is 0.224 e. The van der Waals surface area contributed by atoms with Crippen molar-refractivity contribution in [3.8, 4) is 0 Å². The molecule has 0 spiro atoms. The predicted octanol–water partition coefficient (Wildman–Crippen LogP) is 0.779. The summed E-state index contributed by atoms with van der Waals surface area (Å²) in [6, 6.07) is 0. The topological polar surface area (TPSA) is 79.3 Å². The molecular weight excluding hydrogens is 232 g/mol. The fraction of sp³-hybridized carbons (Fsp3) is 0.667. The van der Waals surface area contributed by atoms with Crippen LogP contribution < -0.4 is 10.6 Å². The SMILES string of the molecule is CNc1ncc(C)c(NCC2(O)CCOC2C)n1. The Labute approximate surface area is 107 Å². The van der Waals surface area contributed by atoms with Crippen molar-refractivity contribution in [3.05, 3.63) is 11.8 Å². The Balaban J connectivity index is 2.05. The second kappa shape index (κ2) is 5.07. The highest BCUT2D eigenvalue weighted by molar-refractivity contribution is 5.46. The van der Waals surface area contributed by atoms with Crippen LogP contribution in [0.2, 0.25) is 0 Å². The van der Waals surface area contributed by atoms with Gasteiger partial charge in [-0.3, -0.25) is 0 Å². The van der Waals surface area contributed by atoms with E-state index in [1.165, 1.54) is 0 Å². The number of hydrogen-bond acceptors (Lipinski definition) is 6. The molecule has 18 heavy (non-hydrogen) atoms. The molecule has 0 aromatic carbocycles. The van der Waals surface area contributed by atoms with Crippen LogP contribution in [0.25, 0.3) is 0 Å². The molecule has 1 aromatic rings. The number of ether oxygens (including phenoxy) is 1. The number of rotatable bonds is 4. The fourth-order valence-corrected chi connectivity index (χ4v) is 1.98. The molecule has 0 saturated carbocycles. The van der Waals surface area contributed by atoms with Crippen molar-refractivity contribution in [2.75, 3.05) is 30.8 Å². The van der Waals surface area contributed by atoms with Crippen molar-refractivity contribution in [3.63, 3.8) is 0 Å². The van der Waals surface area contributed by atoms with Gasteiger partial charge in [0.1, 0.15) is 11.4 Å². The summed E-state index contributed by atoms with van der Waals surface area (Å²) in [6.07, 6.45) is 2.24. The highest BCUT2D eigenvalue weighted by atomic mass is 16.5. The van der Waals surface area contributed by atoms with Gasteiger partial charge in [0.2, 0.25) is 5.95 Å². The van der Waals surface area contributed by atoms with Crippen molar-refractivity contribution in [2.45, 2.75) is 32.0 Å². The lowest BCUT2D eigenvalue weighted by Gasteiger charge is -2.26. The Morgan fingerprint density at radius 2 is 2.39 bits per heavy atom. The lowest BCUT2D eigenvalue weighted by atomic mass is 9.97. The van der Waals surface area contributed by atoms with E-state index in [0.29, 0.717) is 25.5 Å². The quantitative estimate of drug-likeness (QED) is 0.735. The number of aromatic nitrogens is 2. The summed E-state index contributed by atoms with van der Waals surface area (Å²) in [7, 11) is 1.77. The average Bonchev–Trinajstić information content (AvgIpc) is 2.69. The van der Waals surface area contributed by atoms with Gasteiger partial charge >= 0.3 is 0 Å². The summed E-state index contributed by atoms with van der Waals surface area (Å²) in [5, 5.41) is 16.5. The summed E-state index contributed by atoms with van der Waals surface area (Å²) in [4.78, 5) is 8.44. The lowest BCUT2D eigenvalue weighted by molar-refractivity contribution is -0.0176. The Morgan fingerprint density at radius 3 is 3.00 bits per heavy atom. The summed E-state index contributed by atoms with van der Waals surface area (Å²) in [5.74, 6) is 1.30. The number of anilines is 2. The van der Waals surface area contributed by atoms with E-state index in [0.717, 1.165) is 11.4 Å². The summed E-state index contributed by atoms with van der Waals surface area (Å²) < 4.78 is 5.40. The monoisotopic (exact) mass is 252 g/mol. The molecule has 1 saturated heterocycles. The first-order chi connectivity index (χ1) is 8.55. The standard InChI is InChI=1S/C12H20N4O2/c1-8-6-14-11(13-3)16-10(8)15-7-12(17)4-5-18-9(12)2/h6,9,17H,4-5,7H2,1-3H3,(H2,13,14,15,16). The molecule has 0 amide bonds. The maximum atomic E-state index is 10.4. The van der Waals surface area contributed by atoms with Gasteiger partial charge in [-0.1, -0.05) is 0 Å². The van der Waals surface area contributed by atoms with E-state index < -0.39 is 5.60 Å². The van der Waals surface area contributed by atoms with Gasteiger partial charge in [0.25, 0.3) is 0 Å². The van der Waals surface area contributed by atoms with Gasteiger partial charge in [0.05, 0.1) is 6.10 Å². The van der Waals surface area contributed by atoms with E-state index in [1.807, 2.05) is 13.8 Å².